The van der Waals surface area contributed by atoms with E-state index in [1.54, 1.807) is 18.7 Å². The van der Waals surface area contributed by atoms with Crippen LogP contribution in [0.25, 0.3) is 0 Å². The third kappa shape index (κ3) is 3.81. The van der Waals surface area contributed by atoms with Crippen LogP contribution in [0.1, 0.15) is 25.5 Å². The first-order chi connectivity index (χ1) is 7.48. The Hall–Kier alpha value is -0.520. The molecular formula is C11H17NO2S2. The molecule has 1 aromatic rings. The van der Waals surface area contributed by atoms with Crippen LogP contribution >= 0.6 is 11.8 Å². The molecule has 0 bridgehead atoms. The van der Waals surface area contributed by atoms with Gasteiger partial charge >= 0.3 is 0 Å². The van der Waals surface area contributed by atoms with Gasteiger partial charge in [-0.2, -0.15) is 0 Å². The molecule has 3 nitrogen and oxygen atoms in total. The topological polar surface area (TPSA) is 46.2 Å². The quantitative estimate of drug-likeness (QED) is 0.826. The molecule has 0 heterocycles. The zero-order valence-corrected chi connectivity index (χ0v) is 11.4. The van der Waals surface area contributed by atoms with E-state index < -0.39 is 10.0 Å². The fourth-order valence-corrected chi connectivity index (χ4v) is 2.56. The summed E-state index contributed by atoms with van der Waals surface area (Å²) < 4.78 is 25.4. The summed E-state index contributed by atoms with van der Waals surface area (Å²) in [5.74, 6) is 0.111. The maximum Gasteiger partial charge on any atom is 0.211 e. The Labute approximate surface area is 102 Å². The molecule has 0 radical (unpaired) electrons. The van der Waals surface area contributed by atoms with E-state index in [1.807, 2.05) is 37.4 Å². The van der Waals surface area contributed by atoms with Crippen LogP contribution in [0.15, 0.2) is 29.2 Å². The first-order valence-corrected chi connectivity index (χ1v) is 8.00. The molecule has 0 unspecified atom stereocenters. The normalized spacial score (nSPS) is 13.7. The molecule has 0 amide bonds. The molecule has 1 aromatic carbocycles. The SMILES string of the molecule is CCS(=O)(=O)N[C@@H](C)c1ccc(SC)cc1. The second-order valence-electron chi connectivity index (χ2n) is 3.52. The van der Waals surface area contributed by atoms with Crippen molar-refractivity contribution in [1.29, 1.82) is 0 Å². The summed E-state index contributed by atoms with van der Waals surface area (Å²) in [7, 11) is -3.14. The Morgan fingerprint density at radius 2 is 1.88 bits per heavy atom. The zero-order valence-electron chi connectivity index (χ0n) is 9.73. The summed E-state index contributed by atoms with van der Waals surface area (Å²) in [6, 6.07) is 7.72. The monoisotopic (exact) mass is 259 g/mol. The van der Waals surface area contributed by atoms with Crippen LogP contribution in [0.2, 0.25) is 0 Å². The van der Waals surface area contributed by atoms with Crippen molar-refractivity contribution in [3.05, 3.63) is 29.8 Å². The van der Waals surface area contributed by atoms with Crippen LogP contribution in [0, 0.1) is 0 Å². The number of benzene rings is 1. The molecule has 16 heavy (non-hydrogen) atoms. The highest BCUT2D eigenvalue weighted by Crippen LogP contribution is 2.19. The van der Waals surface area contributed by atoms with Crippen molar-refractivity contribution in [3.8, 4) is 0 Å². The van der Waals surface area contributed by atoms with Crippen LogP contribution in [0.5, 0.6) is 0 Å². The van der Waals surface area contributed by atoms with Gasteiger partial charge in [0.05, 0.1) is 5.75 Å². The highest BCUT2D eigenvalue weighted by atomic mass is 32.2. The highest BCUT2D eigenvalue weighted by Gasteiger charge is 2.13. The molecule has 5 heteroatoms. The number of nitrogens with one attached hydrogen (secondary N) is 1. The first kappa shape index (κ1) is 13.5. The van der Waals surface area contributed by atoms with E-state index in [4.69, 9.17) is 0 Å². The van der Waals surface area contributed by atoms with Crippen molar-refractivity contribution in [2.24, 2.45) is 0 Å². The molecule has 90 valence electrons. The number of sulfonamides is 1. The maximum absolute atomic E-state index is 11.4. The second-order valence-corrected chi connectivity index (χ2v) is 6.44. The zero-order chi connectivity index (χ0) is 12.2. The van der Waals surface area contributed by atoms with Gasteiger partial charge in [0, 0.05) is 10.9 Å². The van der Waals surface area contributed by atoms with E-state index in [-0.39, 0.29) is 11.8 Å². The average Bonchev–Trinajstić information content (AvgIpc) is 2.28. The number of thioether (sulfide) groups is 1. The van der Waals surface area contributed by atoms with Crippen LogP contribution in [-0.4, -0.2) is 20.4 Å². The van der Waals surface area contributed by atoms with Gasteiger partial charge in [0.15, 0.2) is 0 Å². The summed E-state index contributed by atoms with van der Waals surface area (Å²) in [5.41, 5.74) is 0.981. The van der Waals surface area contributed by atoms with Gasteiger partial charge < -0.3 is 0 Å². The highest BCUT2D eigenvalue weighted by molar-refractivity contribution is 7.98. The largest absolute Gasteiger partial charge is 0.212 e. The summed E-state index contributed by atoms with van der Waals surface area (Å²) in [6.07, 6.45) is 2.01. The Kier molecular flexibility index (Phi) is 4.83. The lowest BCUT2D eigenvalue weighted by molar-refractivity contribution is 0.568. The van der Waals surface area contributed by atoms with E-state index >= 15 is 0 Å². The van der Waals surface area contributed by atoms with Gasteiger partial charge in [0.2, 0.25) is 10.0 Å². The molecule has 0 saturated heterocycles. The minimum absolute atomic E-state index is 0.111. The molecule has 0 aromatic heterocycles. The average molecular weight is 259 g/mol. The fourth-order valence-electron chi connectivity index (χ4n) is 1.31. The molecule has 0 aliphatic rings. The van der Waals surface area contributed by atoms with Gasteiger partial charge in [-0.1, -0.05) is 12.1 Å². The van der Waals surface area contributed by atoms with E-state index in [0.29, 0.717) is 0 Å². The van der Waals surface area contributed by atoms with E-state index in [0.717, 1.165) is 5.56 Å². The Morgan fingerprint density at radius 3 is 2.31 bits per heavy atom. The van der Waals surface area contributed by atoms with E-state index in [1.165, 1.54) is 4.90 Å². The molecule has 0 aliphatic heterocycles. The van der Waals surface area contributed by atoms with E-state index in [9.17, 15) is 8.42 Å². The van der Waals surface area contributed by atoms with Crippen molar-refractivity contribution in [2.45, 2.75) is 24.8 Å². The Balaban J connectivity index is 2.77. The van der Waals surface area contributed by atoms with Crippen molar-refractivity contribution in [3.63, 3.8) is 0 Å². The molecule has 1 rings (SSSR count). The summed E-state index contributed by atoms with van der Waals surface area (Å²) >= 11 is 1.67. The lowest BCUT2D eigenvalue weighted by Crippen LogP contribution is -2.28. The molecule has 1 atom stereocenters. The van der Waals surface area contributed by atoms with Crippen molar-refractivity contribution < 1.29 is 8.42 Å². The Morgan fingerprint density at radius 1 is 1.31 bits per heavy atom. The van der Waals surface area contributed by atoms with Crippen molar-refractivity contribution in [2.75, 3.05) is 12.0 Å². The van der Waals surface area contributed by atoms with E-state index in [2.05, 4.69) is 4.72 Å². The number of hydrogen-bond donors (Lipinski definition) is 1. The number of hydrogen-bond acceptors (Lipinski definition) is 3. The number of rotatable bonds is 5. The molecular weight excluding hydrogens is 242 g/mol. The van der Waals surface area contributed by atoms with Crippen LogP contribution in [0.3, 0.4) is 0 Å². The standard InChI is InChI=1S/C11H17NO2S2/c1-4-16(13,14)12-9(2)10-5-7-11(15-3)8-6-10/h5-9,12H,4H2,1-3H3/t9-/m0/s1. The van der Waals surface area contributed by atoms with Crippen molar-refractivity contribution in [1.82, 2.24) is 4.72 Å². The minimum atomic E-state index is -3.14. The smallest absolute Gasteiger partial charge is 0.211 e. The predicted molar refractivity (Wildman–Crippen MR) is 69.2 cm³/mol. The summed E-state index contributed by atoms with van der Waals surface area (Å²) in [6.45, 7) is 3.48. The van der Waals surface area contributed by atoms with Gasteiger partial charge in [-0.15, -0.1) is 11.8 Å². The van der Waals surface area contributed by atoms with Gasteiger partial charge in [0.25, 0.3) is 0 Å². The Bertz CT molecular complexity index is 426. The lowest BCUT2D eigenvalue weighted by Gasteiger charge is -2.13. The first-order valence-electron chi connectivity index (χ1n) is 5.12. The van der Waals surface area contributed by atoms with Gasteiger partial charge in [0.1, 0.15) is 0 Å². The molecule has 0 saturated carbocycles. The molecule has 1 N–H and O–H groups in total. The van der Waals surface area contributed by atoms with Crippen LogP contribution in [-0.2, 0) is 10.0 Å². The summed E-state index contributed by atoms with van der Waals surface area (Å²) in [4.78, 5) is 1.18. The predicted octanol–water partition coefficient (Wildman–Crippen LogP) is 2.41. The molecule has 0 aliphatic carbocycles. The maximum atomic E-state index is 11.4. The minimum Gasteiger partial charge on any atom is -0.212 e. The molecule has 0 fully saturated rings. The second kappa shape index (κ2) is 5.70. The van der Waals surface area contributed by atoms with Gasteiger partial charge in [-0.25, -0.2) is 13.1 Å². The third-order valence-corrected chi connectivity index (χ3v) is 4.57. The van der Waals surface area contributed by atoms with Gasteiger partial charge in [-0.05, 0) is 37.8 Å². The molecule has 0 spiro atoms. The lowest BCUT2D eigenvalue weighted by atomic mass is 10.1. The fraction of sp³-hybridized carbons (Fsp3) is 0.455. The van der Waals surface area contributed by atoms with Gasteiger partial charge in [-0.3, -0.25) is 0 Å². The summed E-state index contributed by atoms with van der Waals surface area (Å²) in [5, 5.41) is 0. The van der Waals surface area contributed by atoms with Crippen molar-refractivity contribution >= 4 is 21.8 Å². The van der Waals surface area contributed by atoms with Crippen LogP contribution in [0.4, 0.5) is 0 Å². The van der Waals surface area contributed by atoms with Crippen LogP contribution < -0.4 is 4.72 Å². The third-order valence-electron chi connectivity index (χ3n) is 2.35.